The molecule has 9 heteroatoms. The van der Waals surface area contributed by atoms with Crippen LogP contribution in [0.15, 0.2) is 22.7 Å². The molecule has 0 N–H and O–H groups in total. The van der Waals surface area contributed by atoms with Gasteiger partial charge in [-0.3, -0.25) is 4.79 Å². The van der Waals surface area contributed by atoms with E-state index in [0.717, 1.165) is 4.31 Å². The Hall–Kier alpha value is -1.03. The second kappa shape index (κ2) is 6.61. The van der Waals surface area contributed by atoms with Crippen molar-refractivity contribution in [3.05, 3.63) is 34.1 Å². The fourth-order valence-corrected chi connectivity index (χ4v) is 3.63. The third-order valence-corrected chi connectivity index (χ3v) is 5.91. The molecule has 1 fully saturated rings. The highest BCUT2D eigenvalue weighted by atomic mass is 79.9. The lowest BCUT2D eigenvalue weighted by molar-refractivity contribution is 0.0690. The fraction of sp³-hybridized carbons (Fsp3) is 0.462. The van der Waals surface area contributed by atoms with Crippen molar-refractivity contribution in [2.24, 2.45) is 0 Å². The average molecular weight is 394 g/mol. The number of halogens is 2. The average Bonchev–Trinajstić information content (AvgIpc) is 2.49. The van der Waals surface area contributed by atoms with Crippen molar-refractivity contribution >= 4 is 32.0 Å². The van der Waals surface area contributed by atoms with Gasteiger partial charge in [-0.1, -0.05) is 15.9 Å². The van der Waals surface area contributed by atoms with Gasteiger partial charge in [-0.15, -0.1) is 0 Å². The van der Waals surface area contributed by atoms with Crippen molar-refractivity contribution in [2.75, 3.05) is 40.3 Å². The zero-order valence-corrected chi connectivity index (χ0v) is 14.7. The predicted molar refractivity (Wildman–Crippen MR) is 84.2 cm³/mol. The van der Waals surface area contributed by atoms with E-state index in [1.54, 1.807) is 0 Å². The topological polar surface area (TPSA) is 60.9 Å². The summed E-state index contributed by atoms with van der Waals surface area (Å²) in [4.78, 5) is 13.8. The Morgan fingerprint density at radius 2 is 1.82 bits per heavy atom. The highest BCUT2D eigenvalue weighted by Crippen LogP contribution is 2.19. The molecule has 1 aliphatic rings. The van der Waals surface area contributed by atoms with Gasteiger partial charge in [0, 0.05) is 44.7 Å². The lowest BCUT2D eigenvalue weighted by Crippen LogP contribution is -2.53. The van der Waals surface area contributed by atoms with E-state index >= 15 is 0 Å². The van der Waals surface area contributed by atoms with Crippen LogP contribution in [-0.4, -0.2) is 68.1 Å². The van der Waals surface area contributed by atoms with Gasteiger partial charge in [0.15, 0.2) is 0 Å². The molecule has 2 rings (SSSR count). The maximum absolute atomic E-state index is 13.8. The van der Waals surface area contributed by atoms with Gasteiger partial charge in [0.1, 0.15) is 5.82 Å². The number of carbonyl (C=O) groups is 1. The van der Waals surface area contributed by atoms with Crippen molar-refractivity contribution in [3.63, 3.8) is 0 Å². The van der Waals surface area contributed by atoms with Crippen molar-refractivity contribution in [3.8, 4) is 0 Å². The van der Waals surface area contributed by atoms with Crippen LogP contribution in [0.5, 0.6) is 0 Å². The zero-order chi connectivity index (χ0) is 16.5. The predicted octanol–water partition coefficient (Wildman–Crippen LogP) is 1.15. The van der Waals surface area contributed by atoms with E-state index in [-0.39, 0.29) is 31.7 Å². The van der Waals surface area contributed by atoms with Crippen LogP contribution in [0.1, 0.15) is 10.4 Å². The zero-order valence-electron chi connectivity index (χ0n) is 12.3. The number of piperazine rings is 1. The van der Waals surface area contributed by atoms with Crippen LogP contribution < -0.4 is 0 Å². The molecule has 1 aromatic rings. The maximum Gasteiger partial charge on any atom is 0.281 e. The van der Waals surface area contributed by atoms with Crippen molar-refractivity contribution in [1.82, 2.24) is 13.5 Å². The maximum atomic E-state index is 13.8. The molecule has 0 saturated carbocycles. The molecular formula is C13H17BrFN3O3S. The van der Waals surface area contributed by atoms with Crippen LogP contribution >= 0.6 is 15.9 Å². The molecule has 0 atom stereocenters. The van der Waals surface area contributed by atoms with Crippen LogP contribution in [0.3, 0.4) is 0 Å². The normalized spacial score (nSPS) is 17.0. The van der Waals surface area contributed by atoms with Crippen molar-refractivity contribution in [2.45, 2.75) is 0 Å². The first-order valence-electron chi connectivity index (χ1n) is 6.65. The number of carbonyl (C=O) groups excluding carboxylic acids is 1. The Morgan fingerprint density at radius 3 is 2.36 bits per heavy atom. The molecule has 122 valence electrons. The Bertz CT molecular complexity index is 673. The third-order valence-electron chi connectivity index (χ3n) is 3.47. The highest BCUT2D eigenvalue weighted by molar-refractivity contribution is 9.10. The molecule has 0 aliphatic carbocycles. The molecule has 1 amide bonds. The summed E-state index contributed by atoms with van der Waals surface area (Å²) >= 11 is 3.21. The molecule has 0 spiro atoms. The summed E-state index contributed by atoms with van der Waals surface area (Å²) in [6, 6.07) is 4.18. The number of nitrogens with zero attached hydrogens (tertiary/aromatic N) is 3. The monoisotopic (exact) mass is 393 g/mol. The highest BCUT2D eigenvalue weighted by Gasteiger charge is 2.31. The quantitative estimate of drug-likeness (QED) is 0.773. The van der Waals surface area contributed by atoms with Gasteiger partial charge < -0.3 is 4.90 Å². The molecule has 1 heterocycles. The van der Waals surface area contributed by atoms with Crippen molar-refractivity contribution < 1.29 is 17.6 Å². The first kappa shape index (κ1) is 17.3. The van der Waals surface area contributed by atoms with E-state index in [1.165, 1.54) is 41.5 Å². The lowest BCUT2D eigenvalue weighted by Gasteiger charge is -2.35. The van der Waals surface area contributed by atoms with E-state index in [4.69, 9.17) is 0 Å². The third kappa shape index (κ3) is 3.48. The van der Waals surface area contributed by atoms with E-state index in [1.807, 2.05) is 0 Å². The summed E-state index contributed by atoms with van der Waals surface area (Å²) in [5.74, 6) is -1.02. The summed E-state index contributed by atoms with van der Waals surface area (Å²) < 4.78 is 40.9. The molecule has 1 aliphatic heterocycles. The second-order valence-corrected chi connectivity index (χ2v) is 8.16. The summed E-state index contributed by atoms with van der Waals surface area (Å²) in [5.41, 5.74) is -0.0155. The number of amides is 1. The van der Waals surface area contributed by atoms with Gasteiger partial charge in [0.2, 0.25) is 0 Å². The Morgan fingerprint density at radius 1 is 1.23 bits per heavy atom. The van der Waals surface area contributed by atoms with E-state index in [9.17, 15) is 17.6 Å². The van der Waals surface area contributed by atoms with Crippen molar-refractivity contribution in [1.29, 1.82) is 0 Å². The summed E-state index contributed by atoms with van der Waals surface area (Å²) in [5, 5.41) is 0. The number of benzene rings is 1. The number of hydrogen-bond donors (Lipinski definition) is 0. The van der Waals surface area contributed by atoms with Crippen LogP contribution in [0.25, 0.3) is 0 Å². The van der Waals surface area contributed by atoms with Crippen LogP contribution in [0.4, 0.5) is 4.39 Å². The van der Waals surface area contributed by atoms with Crippen LogP contribution in [0.2, 0.25) is 0 Å². The summed E-state index contributed by atoms with van der Waals surface area (Å²) in [7, 11) is -0.557. The standard InChI is InChI=1S/C13H17BrFN3O3S/c1-16(2)22(20,21)18-7-5-17(6-8-18)13(19)11-9-10(14)3-4-12(11)15/h3-4,9H,5-8H2,1-2H3. The first-order valence-corrected chi connectivity index (χ1v) is 8.84. The molecule has 0 radical (unpaired) electrons. The molecule has 22 heavy (non-hydrogen) atoms. The fourth-order valence-electron chi connectivity index (χ4n) is 2.18. The van der Waals surface area contributed by atoms with E-state index < -0.39 is 21.9 Å². The Balaban J connectivity index is 2.09. The molecular weight excluding hydrogens is 377 g/mol. The van der Waals surface area contributed by atoms with Crippen LogP contribution in [-0.2, 0) is 10.2 Å². The van der Waals surface area contributed by atoms with Gasteiger partial charge in [-0.2, -0.15) is 17.0 Å². The van der Waals surface area contributed by atoms with Gasteiger partial charge in [-0.25, -0.2) is 4.39 Å². The first-order chi connectivity index (χ1) is 10.2. The molecule has 0 aromatic heterocycles. The van der Waals surface area contributed by atoms with Crippen LogP contribution in [0, 0.1) is 5.82 Å². The summed E-state index contributed by atoms with van der Waals surface area (Å²) in [6.45, 7) is 0.861. The minimum Gasteiger partial charge on any atom is -0.336 e. The van der Waals surface area contributed by atoms with Gasteiger partial charge >= 0.3 is 0 Å². The van der Waals surface area contributed by atoms with Gasteiger partial charge in [0.25, 0.3) is 16.1 Å². The summed E-state index contributed by atoms with van der Waals surface area (Å²) in [6.07, 6.45) is 0. The molecule has 0 unspecified atom stereocenters. The molecule has 0 bridgehead atoms. The molecule has 1 aromatic carbocycles. The smallest absolute Gasteiger partial charge is 0.281 e. The van der Waals surface area contributed by atoms with Gasteiger partial charge in [-0.05, 0) is 18.2 Å². The Labute approximate surface area is 137 Å². The minimum absolute atomic E-state index is 0.0155. The second-order valence-electron chi connectivity index (χ2n) is 5.11. The largest absolute Gasteiger partial charge is 0.336 e. The van der Waals surface area contributed by atoms with Gasteiger partial charge in [0.05, 0.1) is 5.56 Å². The Kier molecular flexibility index (Phi) is 5.21. The minimum atomic E-state index is -3.48. The number of rotatable bonds is 3. The molecule has 6 nitrogen and oxygen atoms in total. The van der Waals surface area contributed by atoms with E-state index in [2.05, 4.69) is 15.9 Å². The SMILES string of the molecule is CN(C)S(=O)(=O)N1CCN(C(=O)c2cc(Br)ccc2F)CC1. The lowest BCUT2D eigenvalue weighted by atomic mass is 10.1. The van der Waals surface area contributed by atoms with E-state index in [0.29, 0.717) is 4.47 Å². The number of hydrogen-bond acceptors (Lipinski definition) is 3. The molecule has 1 saturated heterocycles.